The zero-order valence-corrected chi connectivity index (χ0v) is 14.3. The number of aryl methyl sites for hydroxylation is 1. The lowest BCUT2D eigenvalue weighted by Gasteiger charge is -2.08. The Kier molecular flexibility index (Phi) is 4.78. The fourth-order valence-electron chi connectivity index (χ4n) is 2.53. The Morgan fingerprint density at radius 1 is 1.18 bits per heavy atom. The van der Waals surface area contributed by atoms with Crippen molar-refractivity contribution in [2.24, 2.45) is 0 Å². The molecule has 0 saturated heterocycles. The number of nitrogens with one attached hydrogen (secondary N) is 1. The fourth-order valence-corrected chi connectivity index (χ4v) is 2.98. The standard InChI is InChI=1S/C18H20BrN3/c1-2-3-9-22-13-21-17-11-16(7-8-18(17)22)20-12-14-5-4-6-15(19)10-14/h4-8,10-11,13,20H,2-3,9,12H2,1H3. The molecule has 22 heavy (non-hydrogen) atoms. The third-order valence-electron chi connectivity index (χ3n) is 3.76. The Morgan fingerprint density at radius 2 is 2.09 bits per heavy atom. The molecule has 0 saturated carbocycles. The van der Waals surface area contributed by atoms with Crippen molar-refractivity contribution < 1.29 is 0 Å². The van der Waals surface area contributed by atoms with E-state index in [4.69, 9.17) is 0 Å². The van der Waals surface area contributed by atoms with Gasteiger partial charge >= 0.3 is 0 Å². The zero-order valence-electron chi connectivity index (χ0n) is 12.7. The van der Waals surface area contributed by atoms with Crippen molar-refractivity contribution in [1.29, 1.82) is 0 Å². The van der Waals surface area contributed by atoms with Gasteiger partial charge < -0.3 is 9.88 Å². The molecule has 3 rings (SSSR count). The molecular formula is C18H20BrN3. The predicted octanol–water partition coefficient (Wildman–Crippen LogP) is 5.21. The zero-order chi connectivity index (χ0) is 15.4. The van der Waals surface area contributed by atoms with Gasteiger partial charge in [-0.25, -0.2) is 4.98 Å². The maximum atomic E-state index is 4.52. The molecule has 0 radical (unpaired) electrons. The molecule has 0 atom stereocenters. The maximum Gasteiger partial charge on any atom is 0.0958 e. The summed E-state index contributed by atoms with van der Waals surface area (Å²) in [7, 11) is 0. The average molecular weight is 358 g/mol. The third kappa shape index (κ3) is 3.50. The minimum Gasteiger partial charge on any atom is -0.381 e. The molecule has 2 aromatic carbocycles. The average Bonchev–Trinajstić information content (AvgIpc) is 2.93. The van der Waals surface area contributed by atoms with Crippen LogP contribution in [-0.4, -0.2) is 9.55 Å². The molecule has 1 heterocycles. The summed E-state index contributed by atoms with van der Waals surface area (Å²) < 4.78 is 3.34. The van der Waals surface area contributed by atoms with Crippen LogP contribution in [0.15, 0.2) is 53.3 Å². The molecule has 114 valence electrons. The van der Waals surface area contributed by atoms with E-state index in [0.717, 1.165) is 28.8 Å². The van der Waals surface area contributed by atoms with Crippen LogP contribution in [0, 0.1) is 0 Å². The molecule has 0 aliphatic heterocycles. The highest BCUT2D eigenvalue weighted by Crippen LogP contribution is 2.20. The topological polar surface area (TPSA) is 29.9 Å². The quantitative estimate of drug-likeness (QED) is 0.655. The molecule has 3 aromatic rings. The molecule has 0 aliphatic carbocycles. The largest absolute Gasteiger partial charge is 0.381 e. The van der Waals surface area contributed by atoms with Crippen LogP contribution in [0.25, 0.3) is 11.0 Å². The number of imidazole rings is 1. The van der Waals surface area contributed by atoms with Crippen LogP contribution in [0.4, 0.5) is 5.69 Å². The van der Waals surface area contributed by atoms with Gasteiger partial charge in [-0.15, -0.1) is 0 Å². The van der Waals surface area contributed by atoms with E-state index in [0.29, 0.717) is 0 Å². The van der Waals surface area contributed by atoms with E-state index in [1.807, 2.05) is 12.4 Å². The minimum atomic E-state index is 0.807. The lowest BCUT2D eigenvalue weighted by atomic mass is 10.2. The SMILES string of the molecule is CCCCn1cnc2cc(NCc3cccc(Br)c3)ccc21. The molecule has 0 spiro atoms. The van der Waals surface area contributed by atoms with Crippen molar-refractivity contribution in [2.75, 3.05) is 5.32 Å². The maximum absolute atomic E-state index is 4.52. The van der Waals surface area contributed by atoms with Crippen molar-refractivity contribution in [3.8, 4) is 0 Å². The summed E-state index contributed by atoms with van der Waals surface area (Å²) in [5.41, 5.74) is 4.62. The number of anilines is 1. The van der Waals surface area contributed by atoms with Gasteiger partial charge in [-0.3, -0.25) is 0 Å². The highest BCUT2D eigenvalue weighted by molar-refractivity contribution is 9.10. The van der Waals surface area contributed by atoms with Crippen molar-refractivity contribution in [1.82, 2.24) is 9.55 Å². The van der Waals surface area contributed by atoms with Gasteiger partial charge in [-0.1, -0.05) is 41.4 Å². The highest BCUT2D eigenvalue weighted by atomic mass is 79.9. The smallest absolute Gasteiger partial charge is 0.0958 e. The number of unbranched alkanes of at least 4 members (excludes halogenated alkanes) is 1. The Hall–Kier alpha value is -1.81. The van der Waals surface area contributed by atoms with Crippen LogP contribution in [0.3, 0.4) is 0 Å². The van der Waals surface area contributed by atoms with E-state index in [1.165, 1.54) is 23.9 Å². The van der Waals surface area contributed by atoms with Crippen LogP contribution < -0.4 is 5.32 Å². The summed E-state index contributed by atoms with van der Waals surface area (Å²) in [4.78, 5) is 4.52. The Labute approximate surface area is 139 Å². The molecule has 0 bridgehead atoms. The Balaban J connectivity index is 1.72. The molecular weight excluding hydrogens is 338 g/mol. The Morgan fingerprint density at radius 3 is 2.91 bits per heavy atom. The molecule has 0 unspecified atom stereocenters. The lowest BCUT2D eigenvalue weighted by Crippen LogP contribution is -1.99. The molecule has 0 fully saturated rings. The van der Waals surface area contributed by atoms with Crippen LogP contribution in [0.2, 0.25) is 0 Å². The first kappa shape index (κ1) is 15.1. The number of benzene rings is 2. The number of fused-ring (bicyclic) bond motifs is 1. The molecule has 0 aliphatic rings. The monoisotopic (exact) mass is 357 g/mol. The van der Waals surface area contributed by atoms with Crippen LogP contribution >= 0.6 is 15.9 Å². The van der Waals surface area contributed by atoms with Crippen LogP contribution in [0.1, 0.15) is 25.3 Å². The lowest BCUT2D eigenvalue weighted by molar-refractivity contribution is 0.646. The first-order valence-corrected chi connectivity index (χ1v) is 8.49. The molecule has 4 heteroatoms. The van der Waals surface area contributed by atoms with E-state index < -0.39 is 0 Å². The second-order valence-corrected chi connectivity index (χ2v) is 6.39. The molecule has 1 N–H and O–H groups in total. The number of hydrogen-bond donors (Lipinski definition) is 1. The van der Waals surface area contributed by atoms with Gasteiger partial charge in [0.15, 0.2) is 0 Å². The summed E-state index contributed by atoms with van der Waals surface area (Å²) in [5.74, 6) is 0. The number of nitrogens with zero attached hydrogens (tertiary/aromatic N) is 2. The number of aromatic nitrogens is 2. The molecule has 3 nitrogen and oxygen atoms in total. The molecule has 1 aromatic heterocycles. The van der Waals surface area contributed by atoms with Crippen molar-refractivity contribution in [2.45, 2.75) is 32.9 Å². The van der Waals surface area contributed by atoms with Crippen molar-refractivity contribution in [3.63, 3.8) is 0 Å². The first-order valence-electron chi connectivity index (χ1n) is 7.69. The second-order valence-electron chi connectivity index (χ2n) is 5.48. The van der Waals surface area contributed by atoms with Gasteiger partial charge in [0.1, 0.15) is 0 Å². The van der Waals surface area contributed by atoms with Gasteiger partial charge in [-0.2, -0.15) is 0 Å². The number of rotatable bonds is 6. The summed E-state index contributed by atoms with van der Waals surface area (Å²) in [6, 6.07) is 14.8. The van der Waals surface area contributed by atoms with Crippen molar-refractivity contribution in [3.05, 3.63) is 58.8 Å². The van der Waals surface area contributed by atoms with E-state index in [9.17, 15) is 0 Å². The van der Waals surface area contributed by atoms with Gasteiger partial charge in [0.05, 0.1) is 17.4 Å². The minimum absolute atomic E-state index is 0.807. The van der Waals surface area contributed by atoms with Gasteiger partial charge in [-0.05, 0) is 42.3 Å². The third-order valence-corrected chi connectivity index (χ3v) is 4.25. The normalized spacial score (nSPS) is 11.0. The predicted molar refractivity (Wildman–Crippen MR) is 96.1 cm³/mol. The number of halogens is 1. The summed E-state index contributed by atoms with van der Waals surface area (Å²) >= 11 is 3.50. The van der Waals surface area contributed by atoms with E-state index >= 15 is 0 Å². The van der Waals surface area contributed by atoms with Gasteiger partial charge in [0, 0.05) is 23.2 Å². The van der Waals surface area contributed by atoms with E-state index in [2.05, 4.69) is 74.1 Å². The van der Waals surface area contributed by atoms with E-state index in [-0.39, 0.29) is 0 Å². The van der Waals surface area contributed by atoms with Gasteiger partial charge in [0.2, 0.25) is 0 Å². The molecule has 0 amide bonds. The van der Waals surface area contributed by atoms with Crippen LogP contribution in [0.5, 0.6) is 0 Å². The summed E-state index contributed by atoms with van der Waals surface area (Å²) in [5, 5.41) is 3.46. The number of hydrogen-bond acceptors (Lipinski definition) is 2. The summed E-state index contributed by atoms with van der Waals surface area (Å²) in [6.45, 7) is 4.06. The van der Waals surface area contributed by atoms with Crippen LogP contribution in [-0.2, 0) is 13.1 Å². The second kappa shape index (κ2) is 6.97. The van der Waals surface area contributed by atoms with Gasteiger partial charge in [0.25, 0.3) is 0 Å². The van der Waals surface area contributed by atoms with Crippen molar-refractivity contribution >= 4 is 32.7 Å². The van der Waals surface area contributed by atoms with E-state index in [1.54, 1.807) is 0 Å². The first-order chi connectivity index (χ1) is 10.8. The summed E-state index contributed by atoms with van der Waals surface area (Å²) in [6.07, 6.45) is 4.33. The highest BCUT2D eigenvalue weighted by Gasteiger charge is 2.03. The Bertz CT molecular complexity index is 764. The fraction of sp³-hybridized carbons (Fsp3) is 0.278.